The molecule has 0 aromatic heterocycles. The van der Waals surface area contributed by atoms with Gasteiger partial charge in [0.25, 0.3) is 0 Å². The van der Waals surface area contributed by atoms with Gasteiger partial charge in [-0.05, 0) is 26.3 Å². The Morgan fingerprint density at radius 1 is 1.11 bits per heavy atom. The fourth-order valence-corrected chi connectivity index (χ4v) is 1.87. The van der Waals surface area contributed by atoms with Crippen molar-refractivity contribution in [3.05, 3.63) is 35.9 Å². The highest BCUT2D eigenvalue weighted by Gasteiger charge is 2.38. The number of ketones is 1. The van der Waals surface area contributed by atoms with Gasteiger partial charge in [-0.1, -0.05) is 44.2 Å². The average Bonchev–Trinajstić information content (AvgIpc) is 2.26. The zero-order valence-corrected chi connectivity index (χ0v) is 12.1. The summed E-state index contributed by atoms with van der Waals surface area (Å²) in [5.41, 5.74) is 0.645. The predicted octanol–water partition coefficient (Wildman–Crippen LogP) is 3.99. The first-order valence-corrected chi connectivity index (χ1v) is 6.42. The summed E-state index contributed by atoms with van der Waals surface area (Å²) >= 11 is 0. The third kappa shape index (κ3) is 3.95. The van der Waals surface area contributed by atoms with Crippen molar-refractivity contribution in [3.63, 3.8) is 0 Å². The number of carbonyl (C=O) groups excluding carboxylic acids is 1. The zero-order chi connectivity index (χ0) is 13.8. The third-order valence-corrected chi connectivity index (χ3v) is 3.76. The number of Topliss-reactive ketones (excluding diaryl/α,β-unsaturated/α-hetero) is 1. The lowest BCUT2D eigenvalue weighted by atomic mass is 9.73. The van der Waals surface area contributed by atoms with Crippen molar-refractivity contribution in [2.45, 2.75) is 53.2 Å². The van der Waals surface area contributed by atoms with Crippen molar-refractivity contribution in [1.82, 2.24) is 0 Å². The van der Waals surface area contributed by atoms with Crippen LogP contribution in [-0.2, 0) is 16.1 Å². The van der Waals surface area contributed by atoms with E-state index >= 15 is 0 Å². The van der Waals surface area contributed by atoms with Crippen molar-refractivity contribution in [2.24, 2.45) is 5.41 Å². The molecule has 0 atom stereocenters. The lowest BCUT2D eigenvalue weighted by Gasteiger charge is -2.41. The van der Waals surface area contributed by atoms with Crippen LogP contribution in [0.25, 0.3) is 0 Å². The highest BCUT2D eigenvalue weighted by atomic mass is 16.5. The van der Waals surface area contributed by atoms with E-state index in [1.807, 2.05) is 30.3 Å². The first kappa shape index (κ1) is 14.9. The minimum absolute atomic E-state index is 0.173. The fourth-order valence-electron chi connectivity index (χ4n) is 1.87. The molecule has 0 aliphatic carbocycles. The summed E-state index contributed by atoms with van der Waals surface area (Å²) in [5.74, 6) is 0.205. The second-order valence-corrected chi connectivity index (χ2v) is 6.05. The molecule has 1 aromatic carbocycles. The Labute approximate surface area is 110 Å². The first-order valence-electron chi connectivity index (χ1n) is 6.42. The van der Waals surface area contributed by atoms with Crippen LogP contribution in [0.5, 0.6) is 0 Å². The molecule has 100 valence electrons. The van der Waals surface area contributed by atoms with Crippen LogP contribution in [-0.4, -0.2) is 11.4 Å². The lowest BCUT2D eigenvalue weighted by molar-refractivity contribution is -0.133. The van der Waals surface area contributed by atoms with Crippen LogP contribution in [0.4, 0.5) is 0 Å². The smallest absolute Gasteiger partial charge is 0.130 e. The Morgan fingerprint density at radius 2 is 1.67 bits per heavy atom. The molecule has 0 bridgehead atoms. The third-order valence-electron chi connectivity index (χ3n) is 3.76. The molecule has 1 aromatic rings. The van der Waals surface area contributed by atoms with Crippen molar-refractivity contribution in [1.29, 1.82) is 0 Å². The standard InChI is InChI=1S/C16H24O2/c1-13(17)11-15(2,3)16(4,5)18-12-14-9-7-6-8-10-14/h6-10H,11-12H2,1-5H3. The van der Waals surface area contributed by atoms with Gasteiger partial charge in [0.05, 0.1) is 12.2 Å². The summed E-state index contributed by atoms with van der Waals surface area (Å²) in [4.78, 5) is 11.3. The molecule has 18 heavy (non-hydrogen) atoms. The van der Waals surface area contributed by atoms with Gasteiger partial charge in [0.2, 0.25) is 0 Å². The van der Waals surface area contributed by atoms with E-state index in [9.17, 15) is 4.79 Å². The quantitative estimate of drug-likeness (QED) is 0.761. The van der Waals surface area contributed by atoms with E-state index < -0.39 is 0 Å². The molecule has 0 saturated carbocycles. The van der Waals surface area contributed by atoms with Gasteiger partial charge in [-0.15, -0.1) is 0 Å². The molecular weight excluding hydrogens is 224 g/mol. The molecule has 0 aliphatic heterocycles. The predicted molar refractivity (Wildman–Crippen MR) is 74.4 cm³/mol. The van der Waals surface area contributed by atoms with Gasteiger partial charge in [-0.2, -0.15) is 0 Å². The van der Waals surface area contributed by atoms with Crippen LogP contribution in [0.1, 0.15) is 46.6 Å². The number of carbonyl (C=O) groups is 1. The molecule has 0 heterocycles. The van der Waals surface area contributed by atoms with Gasteiger partial charge < -0.3 is 9.53 Å². The largest absolute Gasteiger partial charge is 0.370 e. The topological polar surface area (TPSA) is 26.3 Å². The molecule has 2 nitrogen and oxygen atoms in total. The average molecular weight is 248 g/mol. The molecule has 0 fully saturated rings. The summed E-state index contributed by atoms with van der Waals surface area (Å²) in [5, 5.41) is 0. The zero-order valence-electron chi connectivity index (χ0n) is 12.1. The van der Waals surface area contributed by atoms with Crippen LogP contribution >= 0.6 is 0 Å². The fraction of sp³-hybridized carbons (Fsp3) is 0.562. The van der Waals surface area contributed by atoms with E-state index in [1.54, 1.807) is 6.92 Å². The molecule has 0 amide bonds. The highest BCUT2D eigenvalue weighted by Crippen LogP contribution is 2.37. The van der Waals surface area contributed by atoms with Crippen LogP contribution < -0.4 is 0 Å². The molecule has 0 N–H and O–H groups in total. The van der Waals surface area contributed by atoms with E-state index in [-0.39, 0.29) is 16.8 Å². The molecule has 0 spiro atoms. The Bertz CT molecular complexity index is 391. The Balaban J connectivity index is 2.66. The number of hydrogen-bond donors (Lipinski definition) is 0. The van der Waals surface area contributed by atoms with E-state index in [1.165, 1.54) is 0 Å². The molecular formula is C16H24O2. The van der Waals surface area contributed by atoms with Crippen LogP contribution in [0.2, 0.25) is 0 Å². The Kier molecular flexibility index (Phi) is 4.69. The molecule has 2 heteroatoms. The summed E-state index contributed by atoms with van der Waals surface area (Å²) in [7, 11) is 0. The van der Waals surface area contributed by atoms with E-state index in [0.717, 1.165) is 5.56 Å². The second-order valence-electron chi connectivity index (χ2n) is 6.05. The Morgan fingerprint density at radius 3 is 2.17 bits per heavy atom. The summed E-state index contributed by atoms with van der Waals surface area (Å²) < 4.78 is 6.03. The summed E-state index contributed by atoms with van der Waals surface area (Å²) in [6.07, 6.45) is 0.536. The first-order chi connectivity index (χ1) is 8.24. The monoisotopic (exact) mass is 248 g/mol. The second kappa shape index (κ2) is 5.66. The van der Waals surface area contributed by atoms with Crippen molar-refractivity contribution in [2.75, 3.05) is 0 Å². The van der Waals surface area contributed by atoms with Crippen molar-refractivity contribution >= 4 is 5.78 Å². The molecule has 0 unspecified atom stereocenters. The SMILES string of the molecule is CC(=O)CC(C)(C)C(C)(C)OCc1ccccc1. The number of rotatable bonds is 6. The molecule has 0 saturated heterocycles. The van der Waals surface area contributed by atoms with Gasteiger partial charge in [0.15, 0.2) is 0 Å². The number of hydrogen-bond acceptors (Lipinski definition) is 2. The van der Waals surface area contributed by atoms with E-state index in [0.29, 0.717) is 13.0 Å². The minimum Gasteiger partial charge on any atom is -0.370 e. The number of ether oxygens (including phenoxy) is 1. The van der Waals surface area contributed by atoms with Crippen LogP contribution in [0.3, 0.4) is 0 Å². The normalized spacial score (nSPS) is 12.5. The molecule has 0 radical (unpaired) electrons. The molecule has 0 aliphatic rings. The maximum Gasteiger partial charge on any atom is 0.130 e. The van der Waals surface area contributed by atoms with Gasteiger partial charge in [0.1, 0.15) is 5.78 Å². The summed E-state index contributed by atoms with van der Waals surface area (Å²) in [6.45, 7) is 10.5. The Hall–Kier alpha value is -1.15. The minimum atomic E-state index is -0.339. The van der Waals surface area contributed by atoms with Crippen LogP contribution in [0, 0.1) is 5.41 Å². The maximum atomic E-state index is 11.3. The van der Waals surface area contributed by atoms with E-state index in [2.05, 4.69) is 27.7 Å². The maximum absolute atomic E-state index is 11.3. The van der Waals surface area contributed by atoms with Gasteiger partial charge in [-0.25, -0.2) is 0 Å². The molecule has 1 rings (SSSR count). The lowest BCUT2D eigenvalue weighted by Crippen LogP contribution is -2.42. The van der Waals surface area contributed by atoms with Crippen molar-refractivity contribution in [3.8, 4) is 0 Å². The summed E-state index contributed by atoms with van der Waals surface area (Å²) in [6, 6.07) is 10.1. The number of benzene rings is 1. The van der Waals surface area contributed by atoms with Crippen LogP contribution in [0.15, 0.2) is 30.3 Å². The van der Waals surface area contributed by atoms with Gasteiger partial charge >= 0.3 is 0 Å². The van der Waals surface area contributed by atoms with Gasteiger partial charge in [0, 0.05) is 11.8 Å². The highest BCUT2D eigenvalue weighted by molar-refractivity contribution is 5.76. The van der Waals surface area contributed by atoms with Crippen molar-refractivity contribution < 1.29 is 9.53 Å². The van der Waals surface area contributed by atoms with Gasteiger partial charge in [-0.3, -0.25) is 0 Å². The van der Waals surface area contributed by atoms with E-state index in [4.69, 9.17) is 4.74 Å².